The van der Waals surface area contributed by atoms with Gasteiger partial charge in [0.25, 0.3) is 0 Å². The van der Waals surface area contributed by atoms with Crippen LogP contribution in [-0.4, -0.2) is 31.3 Å². The fraction of sp³-hybridized carbons (Fsp3) is 0.308. The number of aromatic nitrogens is 1. The van der Waals surface area contributed by atoms with E-state index in [1.165, 1.54) is 31.4 Å². The molecule has 2 aromatic carbocycles. The third kappa shape index (κ3) is 4.89. The van der Waals surface area contributed by atoms with Crippen molar-refractivity contribution in [1.82, 2.24) is 4.98 Å². The Morgan fingerprint density at radius 3 is 2.75 bits per heavy atom. The summed E-state index contributed by atoms with van der Waals surface area (Å²) in [5, 5.41) is 0. The number of rotatable bonds is 8. The summed E-state index contributed by atoms with van der Waals surface area (Å²) in [5.74, 6) is 0.822. The Morgan fingerprint density at radius 2 is 2.00 bits per heavy atom. The van der Waals surface area contributed by atoms with E-state index in [4.69, 9.17) is 18.9 Å². The number of halogens is 3. The summed E-state index contributed by atoms with van der Waals surface area (Å²) in [7, 11) is 1.35. The highest BCUT2D eigenvalue weighted by atomic mass is 19.3. The van der Waals surface area contributed by atoms with Gasteiger partial charge in [0, 0.05) is 34.7 Å². The number of methoxy groups -OCH3 is 1. The predicted octanol–water partition coefficient (Wildman–Crippen LogP) is 5.72. The predicted molar refractivity (Wildman–Crippen MR) is 120 cm³/mol. The molecule has 3 aromatic rings. The Labute approximate surface area is 204 Å². The molecule has 0 bridgehead atoms. The smallest absolute Gasteiger partial charge is 0.387 e. The lowest BCUT2D eigenvalue weighted by Gasteiger charge is -2.17. The van der Waals surface area contributed by atoms with Crippen molar-refractivity contribution >= 4 is 5.97 Å². The number of nitrogens with zero attached hydrogens (tertiary/aromatic N) is 1. The van der Waals surface area contributed by atoms with Gasteiger partial charge in [-0.2, -0.15) is 8.78 Å². The Balaban J connectivity index is 1.31. The summed E-state index contributed by atoms with van der Waals surface area (Å²) in [5.41, 5.74) is 1.96. The van der Waals surface area contributed by atoms with Crippen molar-refractivity contribution in [1.29, 1.82) is 0 Å². The standard InChI is InChI=1S/C26H22F3NO6/c1-32-24(31)10-14-13-33-22-11-15(2-4-17(14)22)34-21-7-5-18-20(8-6-19(27)25(18)21)36-23-9-3-16(12-30-23)35-26(28)29/h2-4,6,8-9,11-12,14,21,26H,5,7,10,13H2,1H3/t14?,21-/m1/s1. The number of ether oxygens (including phenoxy) is 5. The fourth-order valence-electron chi connectivity index (χ4n) is 4.52. The molecule has 2 atom stereocenters. The van der Waals surface area contributed by atoms with Crippen LogP contribution in [-0.2, 0) is 16.0 Å². The largest absolute Gasteiger partial charge is 0.492 e. The molecule has 2 aliphatic rings. The van der Waals surface area contributed by atoms with E-state index in [1.54, 1.807) is 12.1 Å². The minimum absolute atomic E-state index is 0.0875. The third-order valence-corrected chi connectivity index (χ3v) is 6.17. The highest BCUT2D eigenvalue weighted by Gasteiger charge is 2.32. The van der Waals surface area contributed by atoms with Gasteiger partial charge in [-0.25, -0.2) is 9.37 Å². The molecule has 0 amide bonds. The average molecular weight is 501 g/mol. The second-order valence-corrected chi connectivity index (χ2v) is 8.38. The lowest BCUT2D eigenvalue weighted by Crippen LogP contribution is -2.09. The fourth-order valence-corrected chi connectivity index (χ4v) is 4.52. The molecule has 0 saturated carbocycles. The molecular formula is C26H22F3NO6. The molecular weight excluding hydrogens is 479 g/mol. The molecule has 1 aromatic heterocycles. The van der Waals surface area contributed by atoms with Crippen LogP contribution in [0.15, 0.2) is 48.7 Å². The van der Waals surface area contributed by atoms with E-state index in [0.29, 0.717) is 47.8 Å². The first kappa shape index (κ1) is 23.8. The van der Waals surface area contributed by atoms with Gasteiger partial charge in [0.1, 0.15) is 34.9 Å². The maximum atomic E-state index is 14.9. The Bertz CT molecular complexity index is 1270. The van der Waals surface area contributed by atoms with E-state index in [-0.39, 0.29) is 29.9 Å². The number of esters is 1. The molecule has 0 spiro atoms. The lowest BCUT2D eigenvalue weighted by molar-refractivity contribution is -0.141. The zero-order chi connectivity index (χ0) is 25.2. The van der Waals surface area contributed by atoms with Crippen LogP contribution >= 0.6 is 0 Å². The van der Waals surface area contributed by atoms with E-state index < -0.39 is 18.5 Å². The molecule has 5 rings (SSSR count). The molecule has 188 valence electrons. The van der Waals surface area contributed by atoms with Gasteiger partial charge < -0.3 is 23.7 Å². The monoisotopic (exact) mass is 501 g/mol. The van der Waals surface area contributed by atoms with Crippen molar-refractivity contribution in [2.45, 2.75) is 37.9 Å². The van der Waals surface area contributed by atoms with Crippen molar-refractivity contribution < 1.29 is 41.7 Å². The molecule has 1 aliphatic carbocycles. The number of hydrogen-bond donors (Lipinski definition) is 0. The van der Waals surface area contributed by atoms with Crippen molar-refractivity contribution in [2.24, 2.45) is 0 Å². The number of alkyl halides is 2. The van der Waals surface area contributed by atoms with Crippen molar-refractivity contribution in [3.63, 3.8) is 0 Å². The number of carbonyl (C=O) groups is 1. The summed E-state index contributed by atoms with van der Waals surface area (Å²) in [4.78, 5) is 15.6. The van der Waals surface area contributed by atoms with Crippen LogP contribution in [0.5, 0.6) is 28.9 Å². The van der Waals surface area contributed by atoms with E-state index in [0.717, 1.165) is 11.8 Å². The van der Waals surface area contributed by atoms with E-state index in [2.05, 4.69) is 9.72 Å². The van der Waals surface area contributed by atoms with Crippen LogP contribution in [0.3, 0.4) is 0 Å². The highest BCUT2D eigenvalue weighted by Crippen LogP contribution is 2.44. The van der Waals surface area contributed by atoms with Gasteiger partial charge >= 0.3 is 12.6 Å². The van der Waals surface area contributed by atoms with Crippen LogP contribution in [0.4, 0.5) is 13.2 Å². The molecule has 0 radical (unpaired) electrons. The minimum atomic E-state index is -2.95. The maximum absolute atomic E-state index is 14.9. The van der Waals surface area contributed by atoms with Crippen LogP contribution in [0, 0.1) is 5.82 Å². The van der Waals surface area contributed by atoms with Crippen LogP contribution in [0.25, 0.3) is 0 Å². The van der Waals surface area contributed by atoms with Gasteiger partial charge in [0.2, 0.25) is 5.88 Å². The summed E-state index contributed by atoms with van der Waals surface area (Å²) in [6.07, 6.45) is 1.86. The first-order valence-corrected chi connectivity index (χ1v) is 11.3. The normalized spacial score (nSPS) is 17.8. The molecule has 2 heterocycles. The summed E-state index contributed by atoms with van der Waals surface area (Å²) >= 11 is 0. The molecule has 10 heteroatoms. The van der Waals surface area contributed by atoms with E-state index >= 15 is 0 Å². The Kier molecular flexibility index (Phi) is 6.58. The average Bonchev–Trinajstić information content (AvgIpc) is 3.46. The number of hydrogen-bond acceptors (Lipinski definition) is 7. The van der Waals surface area contributed by atoms with Crippen molar-refractivity contribution in [3.8, 4) is 28.9 Å². The van der Waals surface area contributed by atoms with Crippen LogP contribution in [0.1, 0.15) is 41.6 Å². The van der Waals surface area contributed by atoms with Gasteiger partial charge in [0.05, 0.1) is 26.3 Å². The second-order valence-electron chi connectivity index (χ2n) is 8.38. The van der Waals surface area contributed by atoms with Gasteiger partial charge in [-0.15, -0.1) is 0 Å². The topological polar surface area (TPSA) is 76.1 Å². The quantitative estimate of drug-likeness (QED) is 0.366. The van der Waals surface area contributed by atoms with Crippen molar-refractivity contribution in [3.05, 3.63) is 71.2 Å². The molecule has 0 saturated heterocycles. The number of benzene rings is 2. The summed E-state index contributed by atoms with van der Waals surface area (Å²) in [6.45, 7) is -2.58. The molecule has 36 heavy (non-hydrogen) atoms. The lowest BCUT2D eigenvalue weighted by atomic mass is 9.98. The van der Waals surface area contributed by atoms with E-state index in [9.17, 15) is 18.0 Å². The second kappa shape index (κ2) is 9.96. The molecule has 7 nitrogen and oxygen atoms in total. The first-order chi connectivity index (χ1) is 17.4. The highest BCUT2D eigenvalue weighted by molar-refractivity contribution is 5.71. The first-order valence-electron chi connectivity index (χ1n) is 11.3. The zero-order valence-corrected chi connectivity index (χ0v) is 19.2. The molecule has 0 N–H and O–H groups in total. The van der Waals surface area contributed by atoms with Crippen LogP contribution in [0.2, 0.25) is 0 Å². The summed E-state index contributed by atoms with van der Waals surface area (Å²) < 4.78 is 66.2. The molecule has 1 unspecified atom stereocenters. The minimum Gasteiger partial charge on any atom is -0.492 e. The Hall–Kier alpha value is -3.95. The van der Waals surface area contributed by atoms with E-state index in [1.807, 2.05) is 6.07 Å². The number of carbonyl (C=O) groups excluding carboxylic acids is 1. The number of fused-ring (bicyclic) bond motifs is 2. The van der Waals surface area contributed by atoms with Crippen molar-refractivity contribution in [2.75, 3.05) is 13.7 Å². The molecule has 1 aliphatic heterocycles. The van der Waals surface area contributed by atoms with Gasteiger partial charge in [-0.3, -0.25) is 4.79 Å². The molecule has 0 fully saturated rings. The maximum Gasteiger partial charge on any atom is 0.387 e. The zero-order valence-electron chi connectivity index (χ0n) is 19.2. The van der Waals surface area contributed by atoms with Gasteiger partial charge in [-0.05, 0) is 37.1 Å². The third-order valence-electron chi connectivity index (χ3n) is 6.17. The van der Waals surface area contributed by atoms with Gasteiger partial charge in [0.15, 0.2) is 0 Å². The Morgan fingerprint density at radius 1 is 1.17 bits per heavy atom. The SMILES string of the molecule is COC(=O)CC1COc2cc(O[C@@H]3CCc4c(Oc5ccc(OC(F)F)cn5)ccc(F)c43)ccc21. The van der Waals surface area contributed by atoms with Gasteiger partial charge in [-0.1, -0.05) is 6.07 Å². The summed E-state index contributed by atoms with van der Waals surface area (Å²) in [6, 6.07) is 10.9. The van der Waals surface area contributed by atoms with Crippen LogP contribution < -0.4 is 18.9 Å². The number of pyridine rings is 1.